The first kappa shape index (κ1) is 12.7. The van der Waals surface area contributed by atoms with E-state index in [-0.39, 0.29) is 6.04 Å². The highest BCUT2D eigenvalue weighted by molar-refractivity contribution is 5.10. The maximum absolute atomic E-state index is 10.2. The molecule has 1 aromatic rings. The SMILES string of the molecule is CCc1ccc(C(C)NCC2(O)CCCC2)o1. The molecule has 1 aliphatic carbocycles. The summed E-state index contributed by atoms with van der Waals surface area (Å²) < 4.78 is 5.70. The molecular weight excluding hydrogens is 214 g/mol. The monoisotopic (exact) mass is 237 g/mol. The van der Waals surface area contributed by atoms with Gasteiger partial charge in [-0.2, -0.15) is 0 Å². The first-order chi connectivity index (χ1) is 8.13. The molecule has 1 aliphatic rings. The van der Waals surface area contributed by atoms with Crippen LogP contribution in [0.15, 0.2) is 16.5 Å². The summed E-state index contributed by atoms with van der Waals surface area (Å²) in [4.78, 5) is 0. The summed E-state index contributed by atoms with van der Waals surface area (Å²) in [6.07, 6.45) is 5.06. The van der Waals surface area contributed by atoms with Crippen LogP contribution >= 0.6 is 0 Å². The quantitative estimate of drug-likeness (QED) is 0.827. The van der Waals surface area contributed by atoms with Crippen LogP contribution in [0, 0.1) is 0 Å². The molecule has 17 heavy (non-hydrogen) atoms. The van der Waals surface area contributed by atoms with Crippen LogP contribution in [0.2, 0.25) is 0 Å². The van der Waals surface area contributed by atoms with Crippen LogP contribution in [-0.2, 0) is 6.42 Å². The third kappa shape index (κ3) is 3.11. The van der Waals surface area contributed by atoms with E-state index < -0.39 is 5.60 Å². The summed E-state index contributed by atoms with van der Waals surface area (Å²) in [7, 11) is 0. The van der Waals surface area contributed by atoms with Gasteiger partial charge in [0.1, 0.15) is 11.5 Å². The minimum absolute atomic E-state index is 0.167. The highest BCUT2D eigenvalue weighted by atomic mass is 16.3. The first-order valence-electron chi connectivity index (χ1n) is 6.67. The molecule has 0 bridgehead atoms. The molecule has 0 saturated heterocycles. The van der Waals surface area contributed by atoms with Gasteiger partial charge in [0.25, 0.3) is 0 Å². The lowest BCUT2D eigenvalue weighted by Crippen LogP contribution is -2.38. The van der Waals surface area contributed by atoms with Gasteiger partial charge in [0.15, 0.2) is 0 Å². The topological polar surface area (TPSA) is 45.4 Å². The average Bonchev–Trinajstić information content (AvgIpc) is 2.95. The Kier molecular flexibility index (Phi) is 3.89. The van der Waals surface area contributed by atoms with E-state index in [9.17, 15) is 5.11 Å². The summed E-state index contributed by atoms with van der Waals surface area (Å²) >= 11 is 0. The van der Waals surface area contributed by atoms with Gasteiger partial charge in [0.05, 0.1) is 11.6 Å². The molecule has 96 valence electrons. The molecule has 1 heterocycles. The minimum Gasteiger partial charge on any atom is -0.464 e. The van der Waals surface area contributed by atoms with Gasteiger partial charge < -0.3 is 14.8 Å². The molecule has 0 spiro atoms. The lowest BCUT2D eigenvalue weighted by atomic mass is 10.0. The Balaban J connectivity index is 1.86. The fourth-order valence-electron chi connectivity index (χ4n) is 2.47. The van der Waals surface area contributed by atoms with Gasteiger partial charge in [-0.15, -0.1) is 0 Å². The number of hydrogen-bond donors (Lipinski definition) is 2. The number of nitrogens with one attached hydrogen (secondary N) is 1. The second-order valence-electron chi connectivity index (χ2n) is 5.19. The van der Waals surface area contributed by atoms with Gasteiger partial charge in [-0.25, -0.2) is 0 Å². The molecule has 1 saturated carbocycles. The second-order valence-corrected chi connectivity index (χ2v) is 5.19. The van der Waals surface area contributed by atoms with E-state index in [1.807, 2.05) is 12.1 Å². The summed E-state index contributed by atoms with van der Waals surface area (Å²) in [5.74, 6) is 1.98. The highest BCUT2D eigenvalue weighted by Gasteiger charge is 2.31. The van der Waals surface area contributed by atoms with Crippen LogP contribution in [0.1, 0.15) is 57.1 Å². The normalized spacial score (nSPS) is 20.6. The van der Waals surface area contributed by atoms with Crippen molar-refractivity contribution in [1.82, 2.24) is 5.32 Å². The molecule has 2 N–H and O–H groups in total. The third-order valence-electron chi connectivity index (χ3n) is 3.73. The number of aryl methyl sites for hydroxylation is 1. The van der Waals surface area contributed by atoms with Crippen LogP contribution in [0.25, 0.3) is 0 Å². The van der Waals surface area contributed by atoms with Crippen LogP contribution in [0.5, 0.6) is 0 Å². The molecule has 1 aromatic heterocycles. The molecule has 3 nitrogen and oxygen atoms in total. The Hall–Kier alpha value is -0.800. The Bertz CT molecular complexity index is 353. The Labute approximate surface area is 103 Å². The minimum atomic E-state index is -0.492. The van der Waals surface area contributed by atoms with Crippen molar-refractivity contribution in [2.24, 2.45) is 0 Å². The number of aliphatic hydroxyl groups is 1. The van der Waals surface area contributed by atoms with Crippen molar-refractivity contribution < 1.29 is 9.52 Å². The van der Waals surface area contributed by atoms with E-state index >= 15 is 0 Å². The number of furan rings is 1. The van der Waals surface area contributed by atoms with Crippen LogP contribution < -0.4 is 5.32 Å². The molecule has 0 radical (unpaired) electrons. The number of hydrogen-bond acceptors (Lipinski definition) is 3. The Morgan fingerprint density at radius 3 is 2.71 bits per heavy atom. The Morgan fingerprint density at radius 2 is 2.12 bits per heavy atom. The molecular formula is C14H23NO2. The maximum Gasteiger partial charge on any atom is 0.120 e. The molecule has 0 amide bonds. The molecule has 1 unspecified atom stereocenters. The first-order valence-corrected chi connectivity index (χ1v) is 6.67. The predicted molar refractivity (Wildman–Crippen MR) is 67.9 cm³/mol. The molecule has 1 fully saturated rings. The van der Waals surface area contributed by atoms with E-state index in [4.69, 9.17) is 4.42 Å². The third-order valence-corrected chi connectivity index (χ3v) is 3.73. The van der Waals surface area contributed by atoms with Crippen LogP contribution in [0.4, 0.5) is 0 Å². The zero-order valence-electron chi connectivity index (χ0n) is 10.8. The largest absolute Gasteiger partial charge is 0.464 e. The standard InChI is InChI=1S/C14H23NO2/c1-3-12-6-7-13(17-12)11(2)15-10-14(16)8-4-5-9-14/h6-7,11,15-16H,3-5,8-10H2,1-2H3. The van der Waals surface area contributed by atoms with Crippen molar-refractivity contribution >= 4 is 0 Å². The van der Waals surface area contributed by atoms with Gasteiger partial charge in [-0.3, -0.25) is 0 Å². The Morgan fingerprint density at radius 1 is 1.41 bits per heavy atom. The predicted octanol–water partition coefficient (Wildman–Crippen LogP) is 2.80. The summed E-state index contributed by atoms with van der Waals surface area (Å²) in [6.45, 7) is 4.83. The van der Waals surface area contributed by atoms with Crippen molar-refractivity contribution in [1.29, 1.82) is 0 Å². The van der Waals surface area contributed by atoms with E-state index in [1.54, 1.807) is 0 Å². The lowest BCUT2D eigenvalue weighted by molar-refractivity contribution is 0.0447. The fraction of sp³-hybridized carbons (Fsp3) is 0.714. The van der Waals surface area contributed by atoms with Gasteiger partial charge in [-0.1, -0.05) is 19.8 Å². The summed E-state index contributed by atoms with van der Waals surface area (Å²) in [5, 5.41) is 13.6. The summed E-state index contributed by atoms with van der Waals surface area (Å²) in [5.41, 5.74) is -0.492. The van der Waals surface area contributed by atoms with E-state index in [0.717, 1.165) is 43.6 Å². The molecule has 0 aromatic carbocycles. The van der Waals surface area contributed by atoms with E-state index in [2.05, 4.69) is 19.2 Å². The highest BCUT2D eigenvalue weighted by Crippen LogP contribution is 2.29. The van der Waals surface area contributed by atoms with Gasteiger partial charge >= 0.3 is 0 Å². The van der Waals surface area contributed by atoms with Crippen molar-refractivity contribution in [3.63, 3.8) is 0 Å². The van der Waals surface area contributed by atoms with Crippen LogP contribution in [0.3, 0.4) is 0 Å². The van der Waals surface area contributed by atoms with Crippen molar-refractivity contribution in [2.45, 2.75) is 57.6 Å². The molecule has 2 rings (SSSR count). The lowest BCUT2D eigenvalue weighted by Gasteiger charge is -2.24. The average molecular weight is 237 g/mol. The number of rotatable bonds is 5. The summed E-state index contributed by atoms with van der Waals surface area (Å²) in [6, 6.07) is 4.22. The van der Waals surface area contributed by atoms with Gasteiger partial charge in [-0.05, 0) is 31.9 Å². The fourth-order valence-corrected chi connectivity index (χ4v) is 2.47. The van der Waals surface area contributed by atoms with Crippen molar-refractivity contribution in [3.8, 4) is 0 Å². The van der Waals surface area contributed by atoms with Crippen molar-refractivity contribution in [2.75, 3.05) is 6.54 Å². The van der Waals surface area contributed by atoms with E-state index in [1.165, 1.54) is 0 Å². The van der Waals surface area contributed by atoms with Crippen LogP contribution in [-0.4, -0.2) is 17.3 Å². The zero-order chi connectivity index (χ0) is 12.3. The zero-order valence-corrected chi connectivity index (χ0v) is 10.8. The molecule has 0 aliphatic heterocycles. The van der Waals surface area contributed by atoms with Crippen molar-refractivity contribution in [3.05, 3.63) is 23.7 Å². The molecule has 1 atom stereocenters. The molecule has 3 heteroatoms. The van der Waals surface area contributed by atoms with Gasteiger partial charge in [0.2, 0.25) is 0 Å². The second kappa shape index (κ2) is 5.23. The maximum atomic E-state index is 10.2. The van der Waals surface area contributed by atoms with Gasteiger partial charge in [0, 0.05) is 13.0 Å². The van der Waals surface area contributed by atoms with E-state index in [0.29, 0.717) is 6.54 Å². The smallest absolute Gasteiger partial charge is 0.120 e.